The van der Waals surface area contributed by atoms with E-state index in [-0.39, 0.29) is 17.2 Å². The number of aliphatic hydroxyl groups excluding tert-OH is 1. The summed E-state index contributed by atoms with van der Waals surface area (Å²) in [6, 6.07) is 12.5. The number of nitrogens with two attached hydrogens (primary N) is 1. The highest BCUT2D eigenvalue weighted by atomic mass is 79.9. The lowest BCUT2D eigenvalue weighted by atomic mass is 10.1. The summed E-state index contributed by atoms with van der Waals surface area (Å²) in [5.74, 6) is 10.2. The monoisotopic (exact) mass is 561 g/mol. The van der Waals surface area contributed by atoms with Gasteiger partial charge in [-0.25, -0.2) is 5.48 Å². The first-order valence-corrected chi connectivity index (χ1v) is 11.8. The molecule has 2 amide bonds. The summed E-state index contributed by atoms with van der Waals surface area (Å²) in [5, 5.41) is 12.1. The summed E-state index contributed by atoms with van der Waals surface area (Å²) in [5.41, 5.74) is 10.3. The van der Waals surface area contributed by atoms with E-state index in [1.54, 1.807) is 43.3 Å². The lowest BCUT2D eigenvalue weighted by Crippen LogP contribution is -2.52. The lowest BCUT2D eigenvalue weighted by molar-refractivity contribution is -0.137. The molecule has 0 fully saturated rings. The number of benzene rings is 2. The molecule has 0 bridgehead atoms. The van der Waals surface area contributed by atoms with Crippen molar-refractivity contribution in [1.82, 2.24) is 10.8 Å². The molecule has 0 aromatic heterocycles. The van der Waals surface area contributed by atoms with Gasteiger partial charge in [-0.05, 0) is 85.8 Å². The Morgan fingerprint density at radius 1 is 1.06 bits per heavy atom. The van der Waals surface area contributed by atoms with Gasteiger partial charge in [-0.15, -0.1) is 0 Å². The smallest absolute Gasteiger partial charge is 0.268 e. The van der Waals surface area contributed by atoms with Crippen LogP contribution in [0.3, 0.4) is 0 Å². The van der Waals surface area contributed by atoms with Crippen molar-refractivity contribution in [3.05, 3.63) is 65.2 Å². The van der Waals surface area contributed by atoms with Crippen LogP contribution >= 0.6 is 27.5 Å². The summed E-state index contributed by atoms with van der Waals surface area (Å²) in [7, 11) is 0. The molecule has 0 spiro atoms. The van der Waals surface area contributed by atoms with Crippen LogP contribution in [0.15, 0.2) is 48.5 Å². The van der Waals surface area contributed by atoms with Gasteiger partial charge >= 0.3 is 0 Å². The van der Waals surface area contributed by atoms with E-state index in [4.69, 9.17) is 22.2 Å². The van der Waals surface area contributed by atoms with Crippen LogP contribution in [-0.4, -0.2) is 46.2 Å². The molecule has 2 rings (SSSR count). The average Bonchev–Trinajstić information content (AvgIpc) is 2.85. The second-order valence-electron chi connectivity index (χ2n) is 6.78. The van der Waals surface area contributed by atoms with E-state index in [1.165, 1.54) is 6.92 Å². The number of halogens is 2. The molecule has 184 valence electrons. The van der Waals surface area contributed by atoms with Gasteiger partial charge in [0, 0.05) is 22.4 Å². The Balaban J connectivity index is 0.00000111. The van der Waals surface area contributed by atoms with Gasteiger partial charge in [-0.3, -0.25) is 19.2 Å². The Morgan fingerprint density at radius 2 is 1.54 bits per heavy atom. The van der Waals surface area contributed by atoms with Gasteiger partial charge in [-0.1, -0.05) is 27.8 Å². The molecular weight excluding hydrogens is 538 g/mol. The first-order chi connectivity index (χ1) is 16.7. The fraction of sp³-hybridized carbons (Fsp3) is 0.240. The standard InChI is InChI=1S/C23H23N3O4.C2H2BrClO/c1-3-30-26-23(29)21(16(2)27)25-22(28)19-12-8-17(9-13-19)6-4-5-7-18-10-14-20(24)15-11-18;3-1-2(4)5/h8-16,21,27H,3,24H2,1-2H3,(H,25,28)(H,26,29);1H2/t16-,21+;/m1./s1. The van der Waals surface area contributed by atoms with Crippen LogP contribution in [0, 0.1) is 23.7 Å². The van der Waals surface area contributed by atoms with E-state index < -0.39 is 24.0 Å². The number of hydroxylamine groups is 1. The van der Waals surface area contributed by atoms with E-state index in [0.29, 0.717) is 16.8 Å². The number of nitrogens with one attached hydrogen (secondary N) is 2. The van der Waals surface area contributed by atoms with Gasteiger partial charge in [0.15, 0.2) is 0 Å². The number of nitrogen functional groups attached to an aromatic ring is 1. The molecule has 10 heteroatoms. The highest BCUT2D eigenvalue weighted by Crippen LogP contribution is 2.06. The first-order valence-electron chi connectivity index (χ1n) is 10.3. The van der Waals surface area contributed by atoms with Crippen LogP contribution < -0.4 is 16.5 Å². The van der Waals surface area contributed by atoms with E-state index in [0.717, 1.165) is 5.56 Å². The number of aliphatic hydroxyl groups is 1. The predicted molar refractivity (Wildman–Crippen MR) is 138 cm³/mol. The largest absolute Gasteiger partial charge is 0.399 e. The molecule has 0 saturated carbocycles. The summed E-state index contributed by atoms with van der Waals surface area (Å²) in [4.78, 5) is 38.7. The third kappa shape index (κ3) is 12.1. The molecular formula is C25H25BrClN3O5. The molecule has 35 heavy (non-hydrogen) atoms. The maximum Gasteiger partial charge on any atom is 0.268 e. The van der Waals surface area contributed by atoms with E-state index in [2.05, 4.69) is 50.4 Å². The summed E-state index contributed by atoms with van der Waals surface area (Å²) in [6.45, 7) is 3.36. The number of rotatable bonds is 7. The van der Waals surface area contributed by atoms with Crippen molar-refractivity contribution < 1.29 is 24.3 Å². The molecule has 0 unspecified atom stereocenters. The Kier molecular flexibility index (Phi) is 13.8. The predicted octanol–water partition coefficient (Wildman–Crippen LogP) is 2.37. The second-order valence-corrected chi connectivity index (χ2v) is 7.76. The van der Waals surface area contributed by atoms with Crippen molar-refractivity contribution in [3.8, 4) is 23.7 Å². The summed E-state index contributed by atoms with van der Waals surface area (Å²) < 4.78 is 0. The van der Waals surface area contributed by atoms with Gasteiger partial charge in [0.25, 0.3) is 11.8 Å². The number of carbonyl (C=O) groups is 3. The Bertz CT molecular complexity index is 1110. The SMILES string of the molecule is CCONC(=O)[C@@H](NC(=O)c1ccc(C#CC#Cc2ccc(N)cc2)cc1)[C@@H](C)O.O=C(Cl)CBr. The van der Waals surface area contributed by atoms with Crippen molar-refractivity contribution in [2.75, 3.05) is 17.7 Å². The normalized spacial score (nSPS) is 11.1. The quantitative estimate of drug-likeness (QED) is 0.135. The topological polar surface area (TPSA) is 131 Å². The fourth-order valence-corrected chi connectivity index (χ4v) is 2.31. The lowest BCUT2D eigenvalue weighted by Gasteiger charge is -2.20. The van der Waals surface area contributed by atoms with Gasteiger partial charge in [0.05, 0.1) is 18.0 Å². The zero-order chi connectivity index (χ0) is 26.2. The summed E-state index contributed by atoms with van der Waals surface area (Å²) >= 11 is 7.61. The maximum absolute atomic E-state index is 12.4. The van der Waals surface area contributed by atoms with Crippen molar-refractivity contribution in [1.29, 1.82) is 0 Å². The Morgan fingerprint density at radius 3 is 1.97 bits per heavy atom. The third-order valence-electron chi connectivity index (χ3n) is 4.01. The molecule has 0 saturated heterocycles. The molecule has 0 aliphatic heterocycles. The van der Waals surface area contributed by atoms with Crippen LogP contribution in [0.5, 0.6) is 0 Å². The fourth-order valence-electron chi connectivity index (χ4n) is 2.31. The van der Waals surface area contributed by atoms with Crippen LogP contribution in [0.25, 0.3) is 0 Å². The molecule has 5 N–H and O–H groups in total. The van der Waals surface area contributed by atoms with Crippen molar-refractivity contribution in [3.63, 3.8) is 0 Å². The average molecular weight is 563 g/mol. The number of carbonyl (C=O) groups excluding carboxylic acids is 3. The number of anilines is 1. The minimum atomic E-state index is -1.15. The minimum absolute atomic E-state index is 0.245. The molecule has 0 aliphatic carbocycles. The van der Waals surface area contributed by atoms with Gasteiger partial charge in [0.2, 0.25) is 5.24 Å². The number of amides is 2. The Hall–Kier alpha value is -3.34. The molecule has 2 atom stereocenters. The number of alkyl halides is 1. The zero-order valence-corrected chi connectivity index (χ0v) is 21.4. The van der Waals surface area contributed by atoms with E-state index >= 15 is 0 Å². The van der Waals surface area contributed by atoms with Crippen LogP contribution in [0.2, 0.25) is 0 Å². The van der Waals surface area contributed by atoms with Gasteiger partial charge in [-0.2, -0.15) is 0 Å². The minimum Gasteiger partial charge on any atom is -0.399 e. The highest BCUT2D eigenvalue weighted by molar-refractivity contribution is 9.09. The highest BCUT2D eigenvalue weighted by Gasteiger charge is 2.26. The third-order valence-corrected chi connectivity index (χ3v) is 4.97. The molecule has 8 nitrogen and oxygen atoms in total. The van der Waals surface area contributed by atoms with Crippen molar-refractivity contribution in [2.24, 2.45) is 0 Å². The molecule has 0 radical (unpaired) electrons. The molecule has 0 aliphatic rings. The van der Waals surface area contributed by atoms with Crippen LogP contribution in [0.1, 0.15) is 35.3 Å². The van der Waals surface area contributed by atoms with Gasteiger partial charge < -0.3 is 16.2 Å². The number of hydrogen-bond acceptors (Lipinski definition) is 6. The summed E-state index contributed by atoms with van der Waals surface area (Å²) in [6.07, 6.45) is -1.10. The Labute approximate surface area is 217 Å². The first kappa shape index (κ1) is 29.7. The van der Waals surface area contributed by atoms with E-state index in [9.17, 15) is 19.5 Å². The van der Waals surface area contributed by atoms with Crippen LogP contribution in [-0.2, 0) is 14.4 Å². The second kappa shape index (κ2) is 16.3. The maximum atomic E-state index is 12.4. The van der Waals surface area contributed by atoms with Crippen LogP contribution in [0.4, 0.5) is 5.69 Å². The molecule has 2 aromatic carbocycles. The van der Waals surface area contributed by atoms with E-state index in [1.807, 2.05) is 12.1 Å². The molecule has 2 aromatic rings. The van der Waals surface area contributed by atoms with Crippen molar-refractivity contribution >= 4 is 50.3 Å². The van der Waals surface area contributed by atoms with Crippen molar-refractivity contribution in [2.45, 2.75) is 26.0 Å². The number of hydrogen-bond donors (Lipinski definition) is 4. The van der Waals surface area contributed by atoms with Gasteiger partial charge in [0.1, 0.15) is 6.04 Å². The zero-order valence-electron chi connectivity index (χ0n) is 19.1. The molecule has 0 heterocycles.